The van der Waals surface area contributed by atoms with Gasteiger partial charge in [-0.25, -0.2) is 0 Å². The van der Waals surface area contributed by atoms with Crippen LogP contribution in [-0.2, 0) is 20.3 Å². The van der Waals surface area contributed by atoms with Crippen molar-refractivity contribution in [1.82, 2.24) is 0 Å². The lowest BCUT2D eigenvalue weighted by Crippen LogP contribution is -2.28. The number of ether oxygens (including phenoxy) is 1. The molecule has 9 heteroatoms. The van der Waals surface area contributed by atoms with E-state index < -0.39 is 32.9 Å². The number of carbonyl (C=O) groups is 1. The molecular formula is C27H35F3O5S. The maximum absolute atomic E-state index is 12.6. The molecule has 5 nitrogen and oxygen atoms in total. The van der Waals surface area contributed by atoms with Crippen LogP contribution in [0.5, 0.6) is 11.5 Å². The van der Waals surface area contributed by atoms with Crippen molar-refractivity contribution < 1.29 is 35.3 Å². The van der Waals surface area contributed by atoms with Crippen LogP contribution in [0.4, 0.5) is 13.2 Å². The molecule has 0 N–H and O–H groups in total. The predicted octanol–water partition coefficient (Wildman–Crippen LogP) is 6.67. The lowest BCUT2D eigenvalue weighted by Gasteiger charge is -2.34. The van der Waals surface area contributed by atoms with Crippen LogP contribution in [0.2, 0.25) is 0 Å². The Bertz CT molecular complexity index is 1190. The van der Waals surface area contributed by atoms with E-state index in [-0.39, 0.29) is 18.1 Å². The third-order valence-electron chi connectivity index (χ3n) is 6.41. The van der Waals surface area contributed by atoms with Gasteiger partial charge < -0.3 is 8.92 Å². The van der Waals surface area contributed by atoms with E-state index in [1.54, 1.807) is 19.1 Å². The zero-order valence-electron chi connectivity index (χ0n) is 21.9. The molecule has 2 aromatic rings. The number of hydrogen-bond acceptors (Lipinski definition) is 5. The van der Waals surface area contributed by atoms with Gasteiger partial charge in [0.25, 0.3) is 0 Å². The monoisotopic (exact) mass is 528 g/mol. The number of benzene rings is 2. The Balaban J connectivity index is 2.38. The van der Waals surface area contributed by atoms with Crippen molar-refractivity contribution in [2.45, 2.75) is 72.9 Å². The molecule has 0 amide bonds. The van der Waals surface area contributed by atoms with Crippen LogP contribution < -0.4 is 8.92 Å². The third-order valence-corrected chi connectivity index (χ3v) is 7.53. The Kier molecular flexibility index (Phi) is 8.92. The van der Waals surface area contributed by atoms with Crippen LogP contribution in [-0.4, -0.2) is 32.7 Å². The average Bonchev–Trinajstić information content (AvgIpc) is 2.73. The first kappa shape index (κ1) is 29.7. The fourth-order valence-electron chi connectivity index (χ4n) is 4.11. The Morgan fingerprint density at radius 2 is 1.33 bits per heavy atom. The Labute approximate surface area is 212 Å². The predicted molar refractivity (Wildman–Crippen MR) is 134 cm³/mol. The van der Waals surface area contributed by atoms with Crippen LogP contribution in [0.25, 0.3) is 0 Å². The van der Waals surface area contributed by atoms with Gasteiger partial charge in [-0.3, -0.25) is 4.79 Å². The van der Waals surface area contributed by atoms with Crippen molar-refractivity contribution in [2.75, 3.05) is 12.4 Å². The van der Waals surface area contributed by atoms with Crippen LogP contribution >= 0.6 is 0 Å². The summed E-state index contributed by atoms with van der Waals surface area (Å²) in [6.07, 6.45) is -3.45. The van der Waals surface area contributed by atoms with E-state index >= 15 is 0 Å². The number of aryl methyl sites for hydroxylation is 2. The first-order valence-electron chi connectivity index (χ1n) is 11.8. The summed E-state index contributed by atoms with van der Waals surface area (Å²) in [6.45, 7) is 13.1. The van der Waals surface area contributed by atoms with Crippen LogP contribution in [0.15, 0.2) is 36.4 Å². The van der Waals surface area contributed by atoms with Crippen LogP contribution in [0.3, 0.4) is 0 Å². The summed E-state index contributed by atoms with van der Waals surface area (Å²) in [5, 5.41) is 0. The van der Waals surface area contributed by atoms with Crippen molar-refractivity contribution in [1.29, 1.82) is 0 Å². The van der Waals surface area contributed by atoms with Gasteiger partial charge in [-0.2, -0.15) is 21.6 Å². The van der Waals surface area contributed by atoms with Crippen molar-refractivity contribution in [3.05, 3.63) is 58.7 Å². The molecule has 200 valence electrons. The number of halogens is 3. The van der Waals surface area contributed by atoms with Crippen molar-refractivity contribution in [3.63, 3.8) is 0 Å². The fraction of sp³-hybridized carbons (Fsp3) is 0.519. The second-order valence-corrected chi connectivity index (χ2v) is 11.7. The van der Waals surface area contributed by atoms with Gasteiger partial charge in [-0.15, -0.1) is 0 Å². The van der Waals surface area contributed by atoms with Gasteiger partial charge in [0.05, 0.1) is 0 Å². The maximum atomic E-state index is 12.6. The van der Waals surface area contributed by atoms with E-state index in [1.165, 1.54) is 6.07 Å². The molecule has 2 aromatic carbocycles. The molecular weight excluding hydrogens is 493 g/mol. The first-order valence-corrected chi connectivity index (χ1v) is 13.4. The normalized spacial score (nSPS) is 12.9. The number of Topliss-reactive ketones (excluding diaryl/α,β-unsaturated/α-hetero) is 1. The maximum Gasteiger partial charge on any atom is 0.406 e. The highest BCUT2D eigenvalue weighted by molar-refractivity contribution is 7.87. The second-order valence-electron chi connectivity index (χ2n) is 10.1. The summed E-state index contributed by atoms with van der Waals surface area (Å²) >= 11 is 0. The summed E-state index contributed by atoms with van der Waals surface area (Å²) in [5.74, 6) is -1.57. The lowest BCUT2D eigenvalue weighted by molar-refractivity contribution is -0.128. The van der Waals surface area contributed by atoms with Crippen LogP contribution in [0, 0.1) is 19.3 Å². The topological polar surface area (TPSA) is 69.7 Å². The van der Waals surface area contributed by atoms with Gasteiger partial charge in [-0.05, 0) is 61.1 Å². The van der Waals surface area contributed by atoms with Gasteiger partial charge in [-0.1, -0.05) is 58.9 Å². The highest BCUT2D eigenvalue weighted by atomic mass is 32.2. The molecule has 0 unspecified atom stereocenters. The van der Waals surface area contributed by atoms with E-state index in [1.807, 2.05) is 59.7 Å². The minimum absolute atomic E-state index is 0.00234. The zero-order valence-corrected chi connectivity index (χ0v) is 22.7. The first-order chi connectivity index (χ1) is 16.4. The highest BCUT2D eigenvalue weighted by Crippen LogP contribution is 2.41. The van der Waals surface area contributed by atoms with E-state index in [2.05, 4.69) is 0 Å². The van der Waals surface area contributed by atoms with Gasteiger partial charge in [0.2, 0.25) is 0 Å². The molecule has 36 heavy (non-hydrogen) atoms. The smallest absolute Gasteiger partial charge is 0.406 e. The third kappa shape index (κ3) is 7.24. The minimum Gasteiger partial charge on any atom is -0.486 e. The minimum atomic E-state index is -4.89. The number of rotatable bonds is 10. The van der Waals surface area contributed by atoms with E-state index in [0.717, 1.165) is 29.5 Å². The Morgan fingerprint density at radius 3 is 1.72 bits per heavy atom. The van der Waals surface area contributed by atoms with E-state index in [0.29, 0.717) is 11.3 Å². The largest absolute Gasteiger partial charge is 0.486 e. The zero-order chi connectivity index (χ0) is 27.5. The molecule has 0 atom stereocenters. The molecule has 0 aliphatic carbocycles. The standard InChI is InChI=1S/C27H35F3O5S/c1-8-26(9-2,20-10-12-22(18(3)14-20)34-16-24(31)25(5,6)7)21-11-13-23(19(4)15-21)35-36(32,33)17-27(28,29)30/h10-15H,8-9,16-17H2,1-7H3. The number of hydrogen-bond donors (Lipinski definition) is 0. The molecule has 0 aliphatic heterocycles. The molecule has 0 fully saturated rings. The molecule has 0 saturated heterocycles. The highest BCUT2D eigenvalue weighted by Gasteiger charge is 2.37. The SMILES string of the molecule is CCC(CC)(c1ccc(OCC(=O)C(C)(C)C)c(C)c1)c1ccc(OS(=O)(=O)CC(F)(F)F)c(C)c1. The average molecular weight is 529 g/mol. The summed E-state index contributed by atoms with van der Waals surface area (Å²) in [7, 11) is -4.82. The summed E-state index contributed by atoms with van der Waals surface area (Å²) < 4.78 is 71.9. The molecule has 0 bridgehead atoms. The van der Waals surface area contributed by atoms with Crippen LogP contribution in [0.1, 0.15) is 69.7 Å². The summed E-state index contributed by atoms with van der Waals surface area (Å²) in [6, 6.07) is 10.7. The quantitative estimate of drug-likeness (QED) is 0.322. The Morgan fingerprint density at radius 1 is 0.861 bits per heavy atom. The fourth-order valence-corrected chi connectivity index (χ4v) is 5.03. The van der Waals surface area contributed by atoms with Gasteiger partial charge in [0, 0.05) is 10.8 Å². The van der Waals surface area contributed by atoms with Crippen molar-refractivity contribution in [3.8, 4) is 11.5 Å². The van der Waals surface area contributed by atoms with Crippen molar-refractivity contribution in [2.24, 2.45) is 5.41 Å². The van der Waals surface area contributed by atoms with Gasteiger partial charge in [0.1, 0.15) is 18.1 Å². The van der Waals surface area contributed by atoms with Gasteiger partial charge >= 0.3 is 16.3 Å². The molecule has 0 radical (unpaired) electrons. The lowest BCUT2D eigenvalue weighted by atomic mass is 9.70. The van der Waals surface area contributed by atoms with Crippen molar-refractivity contribution >= 4 is 15.9 Å². The number of alkyl halides is 3. The molecule has 0 aliphatic rings. The molecule has 0 heterocycles. The summed E-state index contributed by atoms with van der Waals surface area (Å²) in [5.41, 5.74) is 2.27. The molecule has 0 spiro atoms. The summed E-state index contributed by atoms with van der Waals surface area (Å²) in [4.78, 5) is 12.2. The second kappa shape index (κ2) is 10.8. The molecule has 0 aromatic heterocycles. The number of ketones is 1. The van der Waals surface area contributed by atoms with E-state index in [4.69, 9.17) is 8.92 Å². The number of carbonyl (C=O) groups excluding carboxylic acids is 1. The molecule has 2 rings (SSSR count). The molecule has 0 saturated carbocycles. The van der Waals surface area contributed by atoms with E-state index in [9.17, 15) is 26.4 Å². The Hall–Kier alpha value is -2.55. The van der Waals surface area contributed by atoms with Gasteiger partial charge in [0.15, 0.2) is 11.5 Å².